The summed E-state index contributed by atoms with van der Waals surface area (Å²) in [6.07, 6.45) is 6.26. The molecule has 2 aliphatic rings. The van der Waals surface area contributed by atoms with Gasteiger partial charge in [0.2, 0.25) is 15.9 Å². The fourth-order valence-electron chi connectivity index (χ4n) is 3.98. The van der Waals surface area contributed by atoms with Crippen molar-refractivity contribution in [3.63, 3.8) is 0 Å². The van der Waals surface area contributed by atoms with Gasteiger partial charge >= 0.3 is 0 Å². The van der Waals surface area contributed by atoms with Gasteiger partial charge in [0.05, 0.1) is 9.79 Å². The first kappa shape index (κ1) is 21.3. The molecule has 1 amide bonds. The Kier molecular flexibility index (Phi) is 6.17. The van der Waals surface area contributed by atoms with E-state index in [4.69, 9.17) is 0 Å². The zero-order chi connectivity index (χ0) is 20.5. The van der Waals surface area contributed by atoms with E-state index in [-0.39, 0.29) is 34.7 Å². The molecule has 0 N–H and O–H groups in total. The number of amides is 1. The standard InChI is InChI=1S/C19H28N2O5S2/c1-15-8-9-17(27(2,23)24)14-18(15)28(25,26)21-12-10-20(11-13-21)19(22)16-6-4-3-5-7-16/h8-9,14,16H,3-7,10-13H2,1-2H3. The number of nitrogens with zero attached hydrogens (tertiary/aromatic N) is 2. The largest absolute Gasteiger partial charge is 0.340 e. The summed E-state index contributed by atoms with van der Waals surface area (Å²) in [6, 6.07) is 4.18. The van der Waals surface area contributed by atoms with Crippen LogP contribution in [0.25, 0.3) is 0 Å². The Morgan fingerprint density at radius 1 is 0.964 bits per heavy atom. The Morgan fingerprint density at radius 2 is 1.57 bits per heavy atom. The Labute approximate surface area is 167 Å². The second kappa shape index (κ2) is 8.12. The van der Waals surface area contributed by atoms with Crippen molar-refractivity contribution in [2.45, 2.75) is 48.8 Å². The minimum atomic E-state index is -3.82. The quantitative estimate of drug-likeness (QED) is 0.729. The van der Waals surface area contributed by atoms with Crippen molar-refractivity contribution in [2.75, 3.05) is 32.4 Å². The highest BCUT2D eigenvalue weighted by molar-refractivity contribution is 7.91. The van der Waals surface area contributed by atoms with E-state index in [9.17, 15) is 21.6 Å². The summed E-state index contributed by atoms with van der Waals surface area (Å²) in [4.78, 5) is 14.5. The molecule has 1 saturated heterocycles. The lowest BCUT2D eigenvalue weighted by molar-refractivity contribution is -0.137. The molecule has 0 bridgehead atoms. The predicted molar refractivity (Wildman–Crippen MR) is 106 cm³/mol. The molecule has 1 aromatic carbocycles. The number of sulfone groups is 1. The highest BCUT2D eigenvalue weighted by Crippen LogP contribution is 2.27. The molecule has 28 heavy (non-hydrogen) atoms. The first-order valence-corrected chi connectivity index (χ1v) is 13.0. The molecule has 1 saturated carbocycles. The topological polar surface area (TPSA) is 91.8 Å². The van der Waals surface area contributed by atoms with Crippen molar-refractivity contribution in [3.05, 3.63) is 23.8 Å². The van der Waals surface area contributed by atoms with Gasteiger partial charge in [-0.3, -0.25) is 4.79 Å². The average Bonchev–Trinajstić information content (AvgIpc) is 2.67. The van der Waals surface area contributed by atoms with Gasteiger partial charge in [-0.05, 0) is 37.5 Å². The zero-order valence-electron chi connectivity index (χ0n) is 16.4. The molecule has 156 valence electrons. The number of sulfonamides is 1. The third kappa shape index (κ3) is 4.41. The van der Waals surface area contributed by atoms with Crippen LogP contribution in [0.3, 0.4) is 0 Å². The fraction of sp³-hybridized carbons (Fsp3) is 0.632. The molecule has 1 aliphatic carbocycles. The van der Waals surface area contributed by atoms with E-state index in [0.717, 1.165) is 31.9 Å². The van der Waals surface area contributed by atoms with Crippen LogP contribution in [0.15, 0.2) is 28.0 Å². The molecule has 0 unspecified atom stereocenters. The minimum Gasteiger partial charge on any atom is -0.340 e. The van der Waals surface area contributed by atoms with Crippen LogP contribution in [0.2, 0.25) is 0 Å². The number of rotatable bonds is 4. The molecule has 1 heterocycles. The van der Waals surface area contributed by atoms with Gasteiger partial charge in [-0.15, -0.1) is 0 Å². The second-order valence-electron chi connectivity index (χ2n) is 7.76. The van der Waals surface area contributed by atoms with Crippen molar-refractivity contribution in [2.24, 2.45) is 5.92 Å². The van der Waals surface area contributed by atoms with Crippen molar-refractivity contribution >= 4 is 25.8 Å². The molecule has 0 aromatic heterocycles. The molecule has 9 heteroatoms. The Bertz CT molecular complexity index is 943. The van der Waals surface area contributed by atoms with E-state index in [1.807, 2.05) is 0 Å². The third-order valence-electron chi connectivity index (χ3n) is 5.71. The molecule has 1 aromatic rings. The van der Waals surface area contributed by atoms with Gasteiger partial charge in [0, 0.05) is 38.4 Å². The van der Waals surface area contributed by atoms with Gasteiger partial charge < -0.3 is 4.90 Å². The number of benzene rings is 1. The molecule has 7 nitrogen and oxygen atoms in total. The lowest BCUT2D eigenvalue weighted by Gasteiger charge is -2.36. The second-order valence-corrected chi connectivity index (χ2v) is 11.7. The number of carbonyl (C=O) groups is 1. The van der Waals surface area contributed by atoms with Crippen LogP contribution < -0.4 is 0 Å². The van der Waals surface area contributed by atoms with Crippen LogP contribution in [0.1, 0.15) is 37.7 Å². The van der Waals surface area contributed by atoms with E-state index in [1.54, 1.807) is 11.8 Å². The summed E-state index contributed by atoms with van der Waals surface area (Å²) < 4.78 is 51.2. The maximum absolute atomic E-state index is 13.1. The molecular formula is C19H28N2O5S2. The Morgan fingerprint density at radius 3 is 2.14 bits per heavy atom. The Balaban J connectivity index is 1.74. The fourth-order valence-corrected chi connectivity index (χ4v) is 6.38. The average molecular weight is 429 g/mol. The van der Waals surface area contributed by atoms with Gasteiger partial charge in [-0.1, -0.05) is 25.3 Å². The maximum atomic E-state index is 13.1. The summed E-state index contributed by atoms with van der Waals surface area (Å²) in [5.41, 5.74) is 0.508. The number of hydrogen-bond donors (Lipinski definition) is 0. The van der Waals surface area contributed by atoms with E-state index in [0.29, 0.717) is 18.7 Å². The van der Waals surface area contributed by atoms with E-state index >= 15 is 0 Å². The lowest BCUT2D eigenvalue weighted by Crippen LogP contribution is -2.52. The van der Waals surface area contributed by atoms with Crippen LogP contribution in [-0.2, 0) is 24.7 Å². The van der Waals surface area contributed by atoms with Crippen molar-refractivity contribution in [3.8, 4) is 0 Å². The normalized spacial score (nSPS) is 20.3. The number of hydrogen-bond acceptors (Lipinski definition) is 5. The molecule has 0 spiro atoms. The lowest BCUT2D eigenvalue weighted by atomic mass is 9.88. The van der Waals surface area contributed by atoms with Gasteiger partial charge in [-0.25, -0.2) is 16.8 Å². The Hall–Kier alpha value is -1.45. The number of carbonyl (C=O) groups excluding carboxylic acids is 1. The number of piperazine rings is 1. The van der Waals surface area contributed by atoms with Gasteiger partial charge in [0.15, 0.2) is 9.84 Å². The number of aryl methyl sites for hydroxylation is 1. The van der Waals surface area contributed by atoms with Crippen LogP contribution in [0.5, 0.6) is 0 Å². The summed E-state index contributed by atoms with van der Waals surface area (Å²) in [6.45, 7) is 2.85. The van der Waals surface area contributed by atoms with Crippen molar-refractivity contribution in [1.29, 1.82) is 0 Å². The monoisotopic (exact) mass is 428 g/mol. The first-order valence-electron chi connectivity index (χ1n) is 9.70. The van der Waals surface area contributed by atoms with Crippen molar-refractivity contribution < 1.29 is 21.6 Å². The van der Waals surface area contributed by atoms with Crippen LogP contribution in [-0.4, -0.2) is 64.4 Å². The van der Waals surface area contributed by atoms with Gasteiger partial charge in [-0.2, -0.15) is 4.31 Å². The third-order valence-corrected chi connectivity index (χ3v) is 8.86. The van der Waals surface area contributed by atoms with Gasteiger partial charge in [0.25, 0.3) is 0 Å². The summed E-state index contributed by atoms with van der Waals surface area (Å²) in [7, 11) is -7.32. The van der Waals surface area contributed by atoms with E-state index < -0.39 is 19.9 Å². The molecule has 0 atom stereocenters. The van der Waals surface area contributed by atoms with E-state index in [2.05, 4.69) is 0 Å². The van der Waals surface area contributed by atoms with Gasteiger partial charge in [0.1, 0.15) is 0 Å². The molecule has 0 radical (unpaired) electrons. The highest BCUT2D eigenvalue weighted by atomic mass is 32.2. The molecule has 2 fully saturated rings. The highest BCUT2D eigenvalue weighted by Gasteiger charge is 2.33. The van der Waals surface area contributed by atoms with E-state index in [1.165, 1.54) is 28.9 Å². The van der Waals surface area contributed by atoms with Crippen LogP contribution in [0, 0.1) is 12.8 Å². The molecule has 1 aliphatic heterocycles. The van der Waals surface area contributed by atoms with Crippen LogP contribution in [0.4, 0.5) is 0 Å². The summed E-state index contributed by atoms with van der Waals surface area (Å²) in [5.74, 6) is 0.220. The smallest absolute Gasteiger partial charge is 0.243 e. The zero-order valence-corrected chi connectivity index (χ0v) is 18.1. The maximum Gasteiger partial charge on any atom is 0.243 e. The van der Waals surface area contributed by atoms with Crippen molar-refractivity contribution in [1.82, 2.24) is 9.21 Å². The molecular weight excluding hydrogens is 400 g/mol. The molecule has 3 rings (SSSR count). The minimum absolute atomic E-state index is 0.0113. The predicted octanol–water partition coefficient (Wildman–Crippen LogP) is 1.81. The summed E-state index contributed by atoms with van der Waals surface area (Å²) in [5, 5.41) is 0. The van der Waals surface area contributed by atoms with Crippen LogP contribution >= 0.6 is 0 Å². The first-order chi connectivity index (χ1) is 13.1. The summed E-state index contributed by atoms with van der Waals surface area (Å²) >= 11 is 0. The SMILES string of the molecule is Cc1ccc(S(C)(=O)=O)cc1S(=O)(=O)N1CCN(C(=O)C2CCCCC2)CC1.